The lowest BCUT2D eigenvalue weighted by Gasteiger charge is -2.11. The van der Waals surface area contributed by atoms with Gasteiger partial charge in [0.15, 0.2) is 11.5 Å². The molecule has 0 fully saturated rings. The van der Waals surface area contributed by atoms with Crippen molar-refractivity contribution in [1.82, 2.24) is 15.0 Å². The zero-order valence-corrected chi connectivity index (χ0v) is 13.6. The number of methoxy groups -OCH3 is 2. The highest BCUT2D eigenvalue weighted by Crippen LogP contribution is 2.43. The maximum Gasteiger partial charge on any atom is 0.231 e. The predicted octanol–water partition coefficient (Wildman–Crippen LogP) is 2.39. The monoisotopic (exact) mass is 341 g/mol. The molecule has 1 aliphatic rings. The Hall–Kier alpha value is -3.42. The van der Waals surface area contributed by atoms with Gasteiger partial charge in [0.1, 0.15) is 11.5 Å². The van der Waals surface area contributed by atoms with Gasteiger partial charge in [-0.3, -0.25) is 0 Å². The van der Waals surface area contributed by atoms with Crippen molar-refractivity contribution in [2.24, 2.45) is 0 Å². The Kier molecular flexibility index (Phi) is 3.57. The molecule has 8 heteroatoms. The number of ether oxygens (including phenoxy) is 4. The fourth-order valence-corrected chi connectivity index (χ4v) is 2.70. The lowest BCUT2D eigenvalue weighted by molar-refractivity contribution is 0.171. The first-order valence-electron chi connectivity index (χ1n) is 7.47. The Balaban J connectivity index is 1.83. The fraction of sp³-hybridized carbons (Fsp3) is 0.176. The molecule has 3 aromatic rings. The molecule has 25 heavy (non-hydrogen) atoms. The second-order valence-corrected chi connectivity index (χ2v) is 5.30. The highest BCUT2D eigenvalue weighted by atomic mass is 16.7. The summed E-state index contributed by atoms with van der Waals surface area (Å²) in [6, 6.07) is 8.59. The molecule has 128 valence electrons. The molecule has 0 unspecified atom stereocenters. The Morgan fingerprint density at radius 2 is 2.00 bits per heavy atom. The second kappa shape index (κ2) is 5.90. The van der Waals surface area contributed by atoms with E-state index in [2.05, 4.69) is 10.3 Å². The minimum atomic E-state index is 0.0654. The third-order valence-corrected chi connectivity index (χ3v) is 3.92. The molecule has 0 atom stereocenters. The minimum Gasteiger partial charge on any atom is -0.507 e. The first-order chi connectivity index (χ1) is 12.2. The molecule has 0 bridgehead atoms. The van der Waals surface area contributed by atoms with Crippen LogP contribution in [0.15, 0.2) is 36.5 Å². The van der Waals surface area contributed by atoms with Crippen LogP contribution in [-0.2, 0) is 0 Å². The summed E-state index contributed by atoms with van der Waals surface area (Å²) < 4.78 is 22.9. The average Bonchev–Trinajstić information content (AvgIpc) is 3.29. The predicted molar refractivity (Wildman–Crippen MR) is 87.7 cm³/mol. The van der Waals surface area contributed by atoms with Crippen LogP contribution in [0.5, 0.6) is 28.7 Å². The van der Waals surface area contributed by atoms with Crippen LogP contribution in [0.1, 0.15) is 0 Å². The maximum absolute atomic E-state index is 10.3. The molecule has 0 saturated heterocycles. The Bertz CT molecular complexity index is 938. The zero-order valence-electron chi connectivity index (χ0n) is 13.6. The van der Waals surface area contributed by atoms with Crippen molar-refractivity contribution >= 4 is 0 Å². The van der Waals surface area contributed by atoms with Gasteiger partial charge in [0.2, 0.25) is 12.5 Å². The number of benzene rings is 2. The van der Waals surface area contributed by atoms with Gasteiger partial charge >= 0.3 is 0 Å². The van der Waals surface area contributed by atoms with E-state index in [1.54, 1.807) is 49.4 Å². The van der Waals surface area contributed by atoms with Crippen LogP contribution in [0.3, 0.4) is 0 Å². The average molecular weight is 341 g/mol. The van der Waals surface area contributed by atoms with Crippen molar-refractivity contribution in [3.63, 3.8) is 0 Å². The Morgan fingerprint density at radius 3 is 2.76 bits per heavy atom. The quantitative estimate of drug-likeness (QED) is 0.779. The van der Waals surface area contributed by atoms with E-state index in [0.717, 1.165) is 0 Å². The van der Waals surface area contributed by atoms with Crippen molar-refractivity contribution in [2.45, 2.75) is 0 Å². The van der Waals surface area contributed by atoms with Gasteiger partial charge in [0.25, 0.3) is 0 Å². The topological polar surface area (TPSA) is 87.9 Å². The summed E-state index contributed by atoms with van der Waals surface area (Å²) in [7, 11) is 3.10. The van der Waals surface area contributed by atoms with Crippen molar-refractivity contribution < 1.29 is 24.1 Å². The molecule has 4 rings (SSSR count). The number of nitrogens with zero attached hydrogens (tertiary/aromatic N) is 3. The number of fused-ring (bicyclic) bond motifs is 1. The van der Waals surface area contributed by atoms with Crippen molar-refractivity contribution in [2.75, 3.05) is 21.0 Å². The van der Waals surface area contributed by atoms with Gasteiger partial charge < -0.3 is 24.1 Å². The molecule has 0 radical (unpaired) electrons. The Labute approximate surface area is 143 Å². The van der Waals surface area contributed by atoms with E-state index in [0.29, 0.717) is 39.9 Å². The summed E-state index contributed by atoms with van der Waals surface area (Å²) in [5, 5.41) is 18.4. The number of rotatable bonds is 4. The van der Waals surface area contributed by atoms with Crippen LogP contribution in [0.2, 0.25) is 0 Å². The normalized spacial score (nSPS) is 12.2. The number of aromatic nitrogens is 3. The molecule has 1 aliphatic heterocycles. The molecule has 2 aromatic carbocycles. The number of phenols is 1. The van der Waals surface area contributed by atoms with Crippen LogP contribution < -0.4 is 18.9 Å². The number of phenolic OH excluding ortho intramolecular Hbond substituents is 1. The van der Waals surface area contributed by atoms with Crippen molar-refractivity contribution in [3.8, 4) is 45.7 Å². The van der Waals surface area contributed by atoms with E-state index in [1.165, 1.54) is 6.07 Å². The van der Waals surface area contributed by atoms with E-state index >= 15 is 0 Å². The smallest absolute Gasteiger partial charge is 0.231 e. The first kappa shape index (κ1) is 15.1. The summed E-state index contributed by atoms with van der Waals surface area (Å²) in [4.78, 5) is 0. The molecule has 1 N–H and O–H groups in total. The largest absolute Gasteiger partial charge is 0.507 e. The molecule has 1 aromatic heterocycles. The summed E-state index contributed by atoms with van der Waals surface area (Å²) in [5.74, 6) is 2.28. The molecule has 0 aliphatic carbocycles. The maximum atomic E-state index is 10.3. The van der Waals surface area contributed by atoms with Crippen LogP contribution in [0.4, 0.5) is 0 Å². The lowest BCUT2D eigenvalue weighted by atomic mass is 10.1. The SMILES string of the molecule is COc1ccc(-c2cnnn2-c2cc(OC)c3c(c2)OCO3)c(O)c1. The fourth-order valence-electron chi connectivity index (χ4n) is 2.70. The standard InChI is InChI=1S/C17H15N3O5/c1-22-11-3-4-12(14(21)7-11)13-8-18-19-20(13)10-5-15(23-2)17-16(6-10)24-9-25-17/h3-8,21H,9H2,1-2H3. The third kappa shape index (κ3) is 2.47. The van der Waals surface area contributed by atoms with Crippen molar-refractivity contribution in [3.05, 3.63) is 36.5 Å². The molecular formula is C17H15N3O5. The van der Waals surface area contributed by atoms with E-state index < -0.39 is 0 Å². The van der Waals surface area contributed by atoms with Crippen LogP contribution in [0.25, 0.3) is 16.9 Å². The summed E-state index contributed by atoms with van der Waals surface area (Å²) in [6.07, 6.45) is 1.57. The Morgan fingerprint density at radius 1 is 1.12 bits per heavy atom. The molecule has 0 saturated carbocycles. The summed E-state index contributed by atoms with van der Waals surface area (Å²) in [5.41, 5.74) is 1.85. The summed E-state index contributed by atoms with van der Waals surface area (Å²) >= 11 is 0. The summed E-state index contributed by atoms with van der Waals surface area (Å²) in [6.45, 7) is 0.138. The third-order valence-electron chi connectivity index (χ3n) is 3.92. The second-order valence-electron chi connectivity index (χ2n) is 5.30. The lowest BCUT2D eigenvalue weighted by Crippen LogP contribution is -2.00. The molecule has 0 spiro atoms. The van der Waals surface area contributed by atoms with E-state index in [-0.39, 0.29) is 12.5 Å². The van der Waals surface area contributed by atoms with Crippen LogP contribution in [0, 0.1) is 0 Å². The van der Waals surface area contributed by atoms with Crippen molar-refractivity contribution in [1.29, 1.82) is 0 Å². The van der Waals surface area contributed by atoms with Gasteiger partial charge in [0, 0.05) is 23.8 Å². The van der Waals surface area contributed by atoms with Gasteiger partial charge in [-0.15, -0.1) is 5.10 Å². The van der Waals surface area contributed by atoms with E-state index in [4.69, 9.17) is 18.9 Å². The number of aromatic hydroxyl groups is 1. The molecule has 2 heterocycles. The highest BCUT2D eigenvalue weighted by molar-refractivity contribution is 5.70. The van der Waals surface area contributed by atoms with E-state index in [1.807, 2.05) is 0 Å². The van der Waals surface area contributed by atoms with Gasteiger partial charge in [0.05, 0.1) is 31.8 Å². The minimum absolute atomic E-state index is 0.0654. The van der Waals surface area contributed by atoms with Crippen LogP contribution in [-0.4, -0.2) is 41.1 Å². The van der Waals surface area contributed by atoms with Gasteiger partial charge in [-0.1, -0.05) is 5.21 Å². The number of hydrogen-bond donors (Lipinski definition) is 1. The van der Waals surface area contributed by atoms with Gasteiger partial charge in [-0.05, 0) is 12.1 Å². The van der Waals surface area contributed by atoms with Gasteiger partial charge in [-0.25, -0.2) is 4.68 Å². The van der Waals surface area contributed by atoms with E-state index in [9.17, 15) is 5.11 Å². The number of hydrogen-bond acceptors (Lipinski definition) is 7. The highest BCUT2D eigenvalue weighted by Gasteiger charge is 2.22. The molecule has 8 nitrogen and oxygen atoms in total. The first-order valence-corrected chi connectivity index (χ1v) is 7.47. The molecule has 0 amide bonds. The zero-order chi connectivity index (χ0) is 17.4. The van der Waals surface area contributed by atoms with Gasteiger partial charge in [-0.2, -0.15) is 0 Å². The van der Waals surface area contributed by atoms with Crippen LogP contribution >= 0.6 is 0 Å². The molecular weight excluding hydrogens is 326 g/mol.